The normalized spacial score (nSPS) is 15.3. The maximum Gasteiger partial charge on any atom is 0.308 e. The highest BCUT2D eigenvalue weighted by atomic mass is 16.5. The Bertz CT molecular complexity index is 1250. The summed E-state index contributed by atoms with van der Waals surface area (Å²) in [5, 5.41) is 31.3. The molecule has 1 aromatic carbocycles. The van der Waals surface area contributed by atoms with E-state index in [1.54, 1.807) is 26.0 Å². The molecule has 0 fully saturated rings. The molecular weight excluding hydrogens is 508 g/mol. The van der Waals surface area contributed by atoms with Gasteiger partial charge in [-0.2, -0.15) is 0 Å². The molecular formula is C26H34N6O7. The summed E-state index contributed by atoms with van der Waals surface area (Å²) < 4.78 is 10.3. The summed E-state index contributed by atoms with van der Waals surface area (Å²) in [6.07, 6.45) is 0.513. The van der Waals surface area contributed by atoms with E-state index in [2.05, 4.69) is 31.2 Å². The van der Waals surface area contributed by atoms with Gasteiger partial charge in [-0.05, 0) is 32.4 Å². The number of nitrogens with one attached hydrogen (secondary N) is 4. The Hall–Kier alpha value is -4.39. The number of aliphatic imine (C=N–C) groups is 1. The van der Waals surface area contributed by atoms with Gasteiger partial charge >= 0.3 is 5.97 Å². The van der Waals surface area contributed by atoms with Crippen LogP contribution < -0.4 is 26.0 Å². The van der Waals surface area contributed by atoms with E-state index in [-0.39, 0.29) is 36.8 Å². The molecule has 0 radical (unpaired) electrons. The standard InChI is InChI=1S/C26H34N6O7/c1-5-39-22(35)9-19(18-7-14(2)6-15(3)23(18)36)31-21(34)13-27-24(37)16-8-20(25(38-4)28-10-16)32-26-29-11-17(33)12-30-26/h6-8,10,17,19,33,36H,5,9,11-13H2,1-4H3,(H,27,37)(H,31,34)(H2,29,30,32). The van der Waals surface area contributed by atoms with Crippen LogP contribution in [0.15, 0.2) is 29.4 Å². The summed E-state index contributed by atoms with van der Waals surface area (Å²) in [5.74, 6) is -1.12. The van der Waals surface area contributed by atoms with Gasteiger partial charge in [0, 0.05) is 18.3 Å². The number of esters is 1. The quantitative estimate of drug-likeness (QED) is 0.234. The first kappa shape index (κ1) is 29.2. The molecule has 2 heterocycles. The number of carbonyl (C=O) groups is 3. The fourth-order valence-electron chi connectivity index (χ4n) is 3.96. The van der Waals surface area contributed by atoms with Gasteiger partial charge in [0.25, 0.3) is 5.91 Å². The van der Waals surface area contributed by atoms with Crippen molar-refractivity contribution in [2.45, 2.75) is 39.3 Å². The molecule has 2 atom stereocenters. The number of aromatic hydroxyl groups is 1. The van der Waals surface area contributed by atoms with Gasteiger partial charge in [-0.1, -0.05) is 17.7 Å². The van der Waals surface area contributed by atoms with Crippen molar-refractivity contribution in [2.24, 2.45) is 4.99 Å². The lowest BCUT2D eigenvalue weighted by Crippen LogP contribution is -2.42. The van der Waals surface area contributed by atoms with Crippen molar-refractivity contribution < 1.29 is 34.1 Å². The predicted octanol–water partition coefficient (Wildman–Crippen LogP) is 0.685. The molecule has 0 aliphatic carbocycles. The number of benzene rings is 1. The van der Waals surface area contributed by atoms with Crippen LogP contribution >= 0.6 is 0 Å². The zero-order valence-electron chi connectivity index (χ0n) is 22.3. The van der Waals surface area contributed by atoms with Crippen LogP contribution in [-0.4, -0.2) is 78.4 Å². The van der Waals surface area contributed by atoms with Gasteiger partial charge in [0.1, 0.15) is 11.4 Å². The number of phenols is 1. The molecule has 13 nitrogen and oxygen atoms in total. The Morgan fingerprint density at radius 2 is 2.00 bits per heavy atom. The number of phenolic OH excluding ortho intramolecular Hbond substituents is 1. The summed E-state index contributed by atoms with van der Waals surface area (Å²) in [6.45, 7) is 5.55. The average molecular weight is 543 g/mol. The Morgan fingerprint density at radius 3 is 2.67 bits per heavy atom. The number of pyridine rings is 1. The smallest absolute Gasteiger partial charge is 0.308 e. The maximum atomic E-state index is 12.8. The van der Waals surface area contributed by atoms with E-state index in [0.29, 0.717) is 29.3 Å². The fourth-order valence-corrected chi connectivity index (χ4v) is 3.96. The maximum absolute atomic E-state index is 12.8. The Labute approximate surface area is 226 Å². The predicted molar refractivity (Wildman–Crippen MR) is 143 cm³/mol. The lowest BCUT2D eigenvalue weighted by Gasteiger charge is -2.21. The molecule has 2 amide bonds. The summed E-state index contributed by atoms with van der Waals surface area (Å²) in [5.41, 5.74) is 2.33. The van der Waals surface area contributed by atoms with E-state index in [0.717, 1.165) is 5.56 Å². The molecule has 0 spiro atoms. The minimum atomic E-state index is -0.868. The molecule has 1 aliphatic heterocycles. The lowest BCUT2D eigenvalue weighted by atomic mass is 9.97. The van der Waals surface area contributed by atoms with Gasteiger partial charge in [0.15, 0.2) is 5.96 Å². The number of hydrogen-bond acceptors (Lipinski definition) is 11. The van der Waals surface area contributed by atoms with Crippen LogP contribution in [0.25, 0.3) is 0 Å². The molecule has 1 aromatic heterocycles. The molecule has 6 N–H and O–H groups in total. The van der Waals surface area contributed by atoms with E-state index in [1.807, 2.05) is 6.92 Å². The number of hydrogen-bond donors (Lipinski definition) is 6. The topological polar surface area (TPSA) is 183 Å². The highest BCUT2D eigenvalue weighted by Gasteiger charge is 2.24. The summed E-state index contributed by atoms with van der Waals surface area (Å²) in [6, 6.07) is 4.10. The third-order valence-electron chi connectivity index (χ3n) is 5.80. The van der Waals surface area contributed by atoms with Crippen LogP contribution in [0.4, 0.5) is 5.69 Å². The van der Waals surface area contributed by atoms with Crippen LogP contribution in [0.3, 0.4) is 0 Å². The number of ether oxygens (including phenoxy) is 2. The number of rotatable bonds is 10. The van der Waals surface area contributed by atoms with E-state index in [9.17, 15) is 24.6 Å². The van der Waals surface area contributed by atoms with E-state index >= 15 is 0 Å². The van der Waals surface area contributed by atoms with Gasteiger partial charge in [0.2, 0.25) is 11.8 Å². The minimum Gasteiger partial charge on any atom is -0.507 e. The summed E-state index contributed by atoms with van der Waals surface area (Å²) >= 11 is 0. The Morgan fingerprint density at radius 1 is 1.23 bits per heavy atom. The monoisotopic (exact) mass is 542 g/mol. The second-order valence-corrected chi connectivity index (χ2v) is 8.96. The second-order valence-electron chi connectivity index (χ2n) is 8.96. The van der Waals surface area contributed by atoms with Crippen molar-refractivity contribution in [3.8, 4) is 11.6 Å². The number of methoxy groups -OCH3 is 1. The summed E-state index contributed by atoms with van der Waals surface area (Å²) in [7, 11) is 1.43. The van der Waals surface area contributed by atoms with Gasteiger partial charge in [0.05, 0.1) is 50.9 Å². The largest absolute Gasteiger partial charge is 0.507 e. The van der Waals surface area contributed by atoms with Crippen LogP contribution in [0.5, 0.6) is 11.6 Å². The number of guanidine groups is 1. The molecule has 0 saturated carbocycles. The first-order valence-electron chi connectivity index (χ1n) is 12.4. The van der Waals surface area contributed by atoms with Crippen molar-refractivity contribution in [1.82, 2.24) is 20.9 Å². The van der Waals surface area contributed by atoms with Crippen molar-refractivity contribution in [3.05, 3.63) is 46.6 Å². The lowest BCUT2D eigenvalue weighted by molar-refractivity contribution is -0.143. The zero-order valence-corrected chi connectivity index (χ0v) is 22.3. The molecule has 2 unspecified atom stereocenters. The first-order chi connectivity index (χ1) is 18.6. The SMILES string of the molecule is CCOC(=O)CC(NC(=O)CNC(=O)c1cnc(OC)c(NC2=NCC(O)CN2)c1)c1cc(C)cc(C)c1O. The van der Waals surface area contributed by atoms with E-state index in [1.165, 1.54) is 19.4 Å². The van der Waals surface area contributed by atoms with Gasteiger partial charge in [-0.3, -0.25) is 19.4 Å². The van der Waals surface area contributed by atoms with Crippen LogP contribution in [-0.2, 0) is 14.3 Å². The number of anilines is 1. The minimum absolute atomic E-state index is 0.0323. The second kappa shape index (κ2) is 13.4. The fraction of sp³-hybridized carbons (Fsp3) is 0.423. The van der Waals surface area contributed by atoms with Gasteiger partial charge < -0.3 is 41.0 Å². The van der Waals surface area contributed by atoms with Crippen molar-refractivity contribution in [1.29, 1.82) is 0 Å². The number of amides is 2. The van der Waals surface area contributed by atoms with Crippen molar-refractivity contribution in [2.75, 3.05) is 38.7 Å². The third kappa shape index (κ3) is 8.04. The van der Waals surface area contributed by atoms with E-state index in [4.69, 9.17) is 9.47 Å². The number of β-amino-alcohol motifs (C(OH)–C–C–N with tert-alkyl or cyclic N) is 1. The molecule has 0 bridgehead atoms. The van der Waals surface area contributed by atoms with Crippen molar-refractivity contribution in [3.63, 3.8) is 0 Å². The Kier molecular flexibility index (Phi) is 10.0. The highest BCUT2D eigenvalue weighted by molar-refractivity contribution is 6.00. The third-order valence-corrected chi connectivity index (χ3v) is 5.80. The van der Waals surface area contributed by atoms with Crippen LogP contribution in [0, 0.1) is 13.8 Å². The molecule has 0 saturated heterocycles. The molecule has 39 heavy (non-hydrogen) atoms. The van der Waals surface area contributed by atoms with Crippen molar-refractivity contribution >= 4 is 29.4 Å². The molecule has 2 aromatic rings. The first-order valence-corrected chi connectivity index (χ1v) is 12.4. The van der Waals surface area contributed by atoms with Gasteiger partial charge in [-0.25, -0.2) is 4.98 Å². The van der Waals surface area contributed by atoms with Crippen LogP contribution in [0.2, 0.25) is 0 Å². The Balaban J connectivity index is 1.69. The van der Waals surface area contributed by atoms with E-state index < -0.39 is 36.5 Å². The zero-order chi connectivity index (χ0) is 28.5. The van der Waals surface area contributed by atoms with Gasteiger partial charge in [-0.15, -0.1) is 0 Å². The molecule has 210 valence electrons. The van der Waals surface area contributed by atoms with Crippen LogP contribution in [0.1, 0.15) is 46.4 Å². The number of aromatic nitrogens is 1. The molecule has 3 rings (SSSR count). The number of aryl methyl sites for hydroxylation is 2. The number of carbonyl (C=O) groups excluding carboxylic acids is 3. The summed E-state index contributed by atoms with van der Waals surface area (Å²) in [4.78, 5) is 46.1. The number of aliphatic hydroxyl groups is 1. The number of nitrogens with zero attached hydrogens (tertiary/aromatic N) is 2. The molecule has 1 aliphatic rings. The number of aliphatic hydroxyl groups excluding tert-OH is 1. The molecule has 13 heteroatoms. The average Bonchev–Trinajstić information content (AvgIpc) is 2.90. The highest BCUT2D eigenvalue weighted by Crippen LogP contribution is 2.31.